The van der Waals surface area contributed by atoms with E-state index in [9.17, 15) is 19.8 Å². The van der Waals surface area contributed by atoms with Gasteiger partial charge in [-0.3, -0.25) is 4.79 Å². The maximum Gasteiger partial charge on any atom is 0.407 e. The van der Waals surface area contributed by atoms with E-state index in [0.29, 0.717) is 18.9 Å². The van der Waals surface area contributed by atoms with Crippen LogP contribution in [0.1, 0.15) is 32.3 Å². The molecule has 6 nitrogen and oxygen atoms in total. The van der Waals surface area contributed by atoms with E-state index in [-0.39, 0.29) is 13.0 Å². The van der Waals surface area contributed by atoms with Crippen LogP contribution in [0.2, 0.25) is 0 Å². The first-order valence-electron chi connectivity index (χ1n) is 8.28. The summed E-state index contributed by atoms with van der Waals surface area (Å²) in [5, 5.41) is 19.5. The van der Waals surface area contributed by atoms with Crippen LogP contribution in [-0.2, 0) is 11.2 Å². The second kappa shape index (κ2) is 9.93. The minimum atomic E-state index is -1.06. The molecule has 0 fully saturated rings. The molecule has 0 saturated carbocycles. The van der Waals surface area contributed by atoms with E-state index in [2.05, 4.69) is 0 Å². The van der Waals surface area contributed by atoms with Gasteiger partial charge in [0.1, 0.15) is 0 Å². The number of hydrogen-bond donors (Lipinski definition) is 3. The summed E-state index contributed by atoms with van der Waals surface area (Å²) in [6, 6.07) is 9.43. The number of benzene rings is 1. The summed E-state index contributed by atoms with van der Waals surface area (Å²) < 4.78 is 0. The Morgan fingerprint density at radius 3 is 2.33 bits per heavy atom. The number of carbonyl (C=O) groups is 2. The van der Waals surface area contributed by atoms with E-state index in [1.165, 1.54) is 4.90 Å². The number of hydrogen-bond acceptors (Lipinski definition) is 3. The maximum atomic E-state index is 11.7. The van der Waals surface area contributed by atoms with Crippen LogP contribution in [0, 0.1) is 11.8 Å². The molecule has 6 heteroatoms. The zero-order valence-electron chi connectivity index (χ0n) is 14.4. The van der Waals surface area contributed by atoms with Gasteiger partial charge in [0.05, 0.1) is 6.10 Å². The topological polar surface area (TPSA) is 104 Å². The summed E-state index contributed by atoms with van der Waals surface area (Å²) in [6.45, 7) is 4.38. The van der Waals surface area contributed by atoms with E-state index >= 15 is 0 Å². The lowest BCUT2D eigenvalue weighted by Crippen LogP contribution is -2.39. The van der Waals surface area contributed by atoms with Gasteiger partial charge in [0.25, 0.3) is 0 Å². The molecule has 1 aromatic carbocycles. The van der Waals surface area contributed by atoms with Crippen LogP contribution in [0.25, 0.3) is 0 Å². The molecule has 0 aliphatic rings. The lowest BCUT2D eigenvalue weighted by Gasteiger charge is -2.25. The van der Waals surface area contributed by atoms with Gasteiger partial charge < -0.3 is 20.8 Å². The molecule has 0 heterocycles. The average molecular weight is 336 g/mol. The normalized spacial score (nSPS) is 13.5. The number of nitrogens with zero attached hydrogens (tertiary/aromatic N) is 1. The molecule has 134 valence electrons. The zero-order valence-corrected chi connectivity index (χ0v) is 14.4. The number of rotatable bonds is 10. The van der Waals surface area contributed by atoms with Crippen molar-refractivity contribution in [1.29, 1.82) is 0 Å². The molecule has 0 unspecified atom stereocenters. The third-order valence-electron chi connectivity index (χ3n) is 3.96. The number of amides is 2. The van der Waals surface area contributed by atoms with Gasteiger partial charge in [-0.1, -0.05) is 44.2 Å². The molecule has 0 saturated heterocycles. The lowest BCUT2D eigenvalue weighted by molar-refractivity contribution is -0.122. The molecule has 0 spiro atoms. The van der Waals surface area contributed by atoms with Crippen LogP contribution in [0.4, 0.5) is 4.79 Å². The Balaban J connectivity index is 2.61. The predicted molar refractivity (Wildman–Crippen MR) is 92.5 cm³/mol. The Morgan fingerprint density at radius 2 is 1.83 bits per heavy atom. The lowest BCUT2D eigenvalue weighted by atomic mass is 9.93. The number of aliphatic hydroxyl groups is 1. The van der Waals surface area contributed by atoms with Crippen LogP contribution in [0.15, 0.2) is 30.3 Å². The van der Waals surface area contributed by atoms with Gasteiger partial charge in [0.2, 0.25) is 5.91 Å². The first kappa shape index (κ1) is 20.0. The third-order valence-corrected chi connectivity index (χ3v) is 3.96. The first-order valence-corrected chi connectivity index (χ1v) is 8.28. The molecular weight excluding hydrogens is 308 g/mol. The zero-order chi connectivity index (χ0) is 18.1. The molecule has 2 atom stereocenters. The fraction of sp³-hybridized carbons (Fsp3) is 0.556. The number of carbonyl (C=O) groups excluding carboxylic acids is 1. The number of aliphatic hydroxyl groups excluding tert-OH is 1. The van der Waals surface area contributed by atoms with Crippen molar-refractivity contribution in [3.05, 3.63) is 35.9 Å². The second-order valence-electron chi connectivity index (χ2n) is 6.59. The van der Waals surface area contributed by atoms with Crippen molar-refractivity contribution in [2.45, 2.75) is 39.2 Å². The molecule has 2 amide bonds. The average Bonchev–Trinajstić information content (AvgIpc) is 2.51. The van der Waals surface area contributed by atoms with Gasteiger partial charge in [0, 0.05) is 19.0 Å². The predicted octanol–water partition coefficient (Wildman–Crippen LogP) is 2.11. The van der Waals surface area contributed by atoms with Gasteiger partial charge in [-0.25, -0.2) is 4.79 Å². The van der Waals surface area contributed by atoms with Crippen molar-refractivity contribution in [3.8, 4) is 0 Å². The maximum absolute atomic E-state index is 11.7. The molecule has 0 aliphatic heterocycles. The Kier molecular flexibility index (Phi) is 8.26. The highest BCUT2D eigenvalue weighted by Gasteiger charge is 2.23. The quantitative estimate of drug-likeness (QED) is 0.608. The molecule has 4 N–H and O–H groups in total. The summed E-state index contributed by atoms with van der Waals surface area (Å²) in [7, 11) is 0. The van der Waals surface area contributed by atoms with E-state index in [0.717, 1.165) is 12.0 Å². The van der Waals surface area contributed by atoms with Crippen LogP contribution >= 0.6 is 0 Å². The third kappa shape index (κ3) is 7.46. The fourth-order valence-corrected chi connectivity index (χ4v) is 2.54. The number of carboxylic acid groups (broad SMARTS) is 1. The second-order valence-corrected chi connectivity index (χ2v) is 6.59. The van der Waals surface area contributed by atoms with Gasteiger partial charge in [-0.15, -0.1) is 0 Å². The Labute approximate surface area is 143 Å². The molecule has 0 radical (unpaired) electrons. The molecule has 0 aliphatic carbocycles. The van der Waals surface area contributed by atoms with E-state index in [1.54, 1.807) is 0 Å². The number of primary amides is 1. The van der Waals surface area contributed by atoms with Crippen molar-refractivity contribution in [1.82, 2.24) is 4.90 Å². The Morgan fingerprint density at radius 1 is 1.21 bits per heavy atom. The van der Waals surface area contributed by atoms with Crippen molar-refractivity contribution in [3.63, 3.8) is 0 Å². The van der Waals surface area contributed by atoms with Crippen LogP contribution < -0.4 is 5.73 Å². The first-order chi connectivity index (χ1) is 11.3. The van der Waals surface area contributed by atoms with Crippen LogP contribution in [-0.4, -0.2) is 46.3 Å². The van der Waals surface area contributed by atoms with Gasteiger partial charge in [-0.05, 0) is 30.7 Å². The molecular formula is C18H28N2O4. The van der Waals surface area contributed by atoms with Crippen molar-refractivity contribution in [2.75, 3.05) is 13.1 Å². The fourth-order valence-electron chi connectivity index (χ4n) is 2.54. The van der Waals surface area contributed by atoms with Gasteiger partial charge >= 0.3 is 6.09 Å². The number of nitrogens with two attached hydrogens (primary N) is 1. The van der Waals surface area contributed by atoms with Crippen LogP contribution in [0.5, 0.6) is 0 Å². The Bertz CT molecular complexity index is 519. The molecule has 1 aromatic rings. The molecule has 0 bridgehead atoms. The summed E-state index contributed by atoms with van der Waals surface area (Å²) in [6.07, 6.45) is -0.674. The smallest absolute Gasteiger partial charge is 0.407 e. The minimum Gasteiger partial charge on any atom is -0.465 e. The van der Waals surface area contributed by atoms with E-state index in [1.807, 2.05) is 44.2 Å². The standard InChI is InChI=1S/C18H28N2O4/c1-13(2)8-9-20(18(23)24)12-16(21)11-15(17(19)22)10-14-6-4-3-5-7-14/h3-7,13,15-16,21H,8-12H2,1-2H3,(H2,19,22)(H,23,24)/t15-,16+/m1/s1. The SMILES string of the molecule is CC(C)CCN(C[C@@H](O)C[C@@H](Cc1ccccc1)C(N)=O)C(=O)O. The van der Waals surface area contributed by atoms with Crippen molar-refractivity contribution >= 4 is 12.0 Å². The van der Waals surface area contributed by atoms with Crippen molar-refractivity contribution in [2.24, 2.45) is 17.6 Å². The molecule has 1 rings (SSSR count). The van der Waals surface area contributed by atoms with Gasteiger partial charge in [0.15, 0.2) is 0 Å². The van der Waals surface area contributed by atoms with Gasteiger partial charge in [-0.2, -0.15) is 0 Å². The largest absolute Gasteiger partial charge is 0.465 e. The van der Waals surface area contributed by atoms with Crippen molar-refractivity contribution < 1.29 is 19.8 Å². The molecule has 24 heavy (non-hydrogen) atoms. The highest BCUT2D eigenvalue weighted by Crippen LogP contribution is 2.15. The summed E-state index contributed by atoms with van der Waals surface area (Å²) >= 11 is 0. The summed E-state index contributed by atoms with van der Waals surface area (Å²) in [4.78, 5) is 24.1. The highest BCUT2D eigenvalue weighted by molar-refractivity contribution is 5.77. The van der Waals surface area contributed by atoms with Crippen LogP contribution in [0.3, 0.4) is 0 Å². The summed E-state index contributed by atoms with van der Waals surface area (Å²) in [5.41, 5.74) is 6.40. The molecule has 0 aromatic heterocycles. The highest BCUT2D eigenvalue weighted by atomic mass is 16.4. The summed E-state index contributed by atoms with van der Waals surface area (Å²) in [5.74, 6) is -0.634. The van der Waals surface area contributed by atoms with E-state index < -0.39 is 24.0 Å². The monoisotopic (exact) mass is 336 g/mol. The van der Waals surface area contributed by atoms with E-state index in [4.69, 9.17) is 5.73 Å². The minimum absolute atomic E-state index is 0.0133. The Hall–Kier alpha value is -2.08.